The number of hydrogen-bond acceptors (Lipinski definition) is 3. The number of hydrogen-bond donors (Lipinski definition) is 1. The van der Waals surface area contributed by atoms with Gasteiger partial charge in [-0.05, 0) is 45.7 Å². The molecule has 0 aliphatic carbocycles. The van der Waals surface area contributed by atoms with E-state index in [0.717, 1.165) is 31.8 Å². The highest BCUT2D eigenvalue weighted by atomic mass is 16.5. The molecule has 0 bridgehead atoms. The molecule has 2 rings (SSSR count). The summed E-state index contributed by atoms with van der Waals surface area (Å²) in [6.45, 7) is 7.42. The average molecular weight is 212 g/mol. The normalized spacial score (nSPS) is 31.8. The summed E-state index contributed by atoms with van der Waals surface area (Å²) in [6.07, 6.45) is 5.51. The average Bonchev–Trinajstić information content (AvgIpc) is 2.71. The molecule has 0 aromatic carbocycles. The molecule has 2 aliphatic rings. The van der Waals surface area contributed by atoms with Gasteiger partial charge in [0, 0.05) is 25.2 Å². The molecular weight excluding hydrogens is 188 g/mol. The van der Waals surface area contributed by atoms with Gasteiger partial charge in [-0.15, -0.1) is 0 Å². The Morgan fingerprint density at radius 1 is 1.33 bits per heavy atom. The van der Waals surface area contributed by atoms with E-state index in [2.05, 4.69) is 17.1 Å². The summed E-state index contributed by atoms with van der Waals surface area (Å²) in [4.78, 5) is 2.67. The van der Waals surface area contributed by atoms with Crippen LogP contribution < -0.4 is 5.32 Å². The van der Waals surface area contributed by atoms with E-state index in [-0.39, 0.29) is 0 Å². The molecule has 0 spiro atoms. The zero-order valence-electron chi connectivity index (χ0n) is 9.87. The van der Waals surface area contributed by atoms with E-state index in [4.69, 9.17) is 4.74 Å². The maximum absolute atomic E-state index is 5.34. The molecule has 2 fully saturated rings. The molecular formula is C12H24N2O. The molecule has 2 saturated heterocycles. The molecule has 2 heterocycles. The first-order valence-corrected chi connectivity index (χ1v) is 6.45. The Morgan fingerprint density at radius 3 is 3.13 bits per heavy atom. The van der Waals surface area contributed by atoms with E-state index in [1.54, 1.807) is 0 Å². The van der Waals surface area contributed by atoms with Crippen LogP contribution in [0.4, 0.5) is 0 Å². The SMILES string of the molecule is CCOCCNC1CCN2CCCC2C1. The summed E-state index contributed by atoms with van der Waals surface area (Å²) >= 11 is 0. The fraction of sp³-hybridized carbons (Fsp3) is 1.00. The van der Waals surface area contributed by atoms with Gasteiger partial charge in [-0.2, -0.15) is 0 Å². The minimum atomic E-state index is 0.741. The molecule has 3 nitrogen and oxygen atoms in total. The molecule has 0 saturated carbocycles. The first kappa shape index (κ1) is 11.4. The van der Waals surface area contributed by atoms with Crippen molar-refractivity contribution >= 4 is 0 Å². The van der Waals surface area contributed by atoms with E-state index in [1.807, 2.05) is 0 Å². The van der Waals surface area contributed by atoms with Crippen molar-refractivity contribution in [1.29, 1.82) is 0 Å². The third-order valence-electron chi connectivity index (χ3n) is 3.70. The van der Waals surface area contributed by atoms with Crippen LogP contribution in [0.2, 0.25) is 0 Å². The highest BCUT2D eigenvalue weighted by Gasteiger charge is 2.31. The summed E-state index contributed by atoms with van der Waals surface area (Å²) in [5.41, 5.74) is 0. The molecule has 88 valence electrons. The molecule has 15 heavy (non-hydrogen) atoms. The van der Waals surface area contributed by atoms with Gasteiger partial charge in [0.25, 0.3) is 0 Å². The van der Waals surface area contributed by atoms with Crippen molar-refractivity contribution < 1.29 is 4.74 Å². The van der Waals surface area contributed by atoms with E-state index in [0.29, 0.717) is 0 Å². The van der Waals surface area contributed by atoms with Gasteiger partial charge in [0.1, 0.15) is 0 Å². The van der Waals surface area contributed by atoms with Crippen LogP contribution in [0.15, 0.2) is 0 Å². The Labute approximate surface area is 93.2 Å². The van der Waals surface area contributed by atoms with E-state index >= 15 is 0 Å². The molecule has 0 aromatic rings. The van der Waals surface area contributed by atoms with Gasteiger partial charge in [-0.3, -0.25) is 0 Å². The second kappa shape index (κ2) is 5.83. The summed E-state index contributed by atoms with van der Waals surface area (Å²) in [7, 11) is 0. The quantitative estimate of drug-likeness (QED) is 0.694. The molecule has 2 atom stereocenters. The van der Waals surface area contributed by atoms with Crippen LogP contribution in [0.1, 0.15) is 32.6 Å². The zero-order valence-corrected chi connectivity index (χ0v) is 9.87. The number of nitrogens with one attached hydrogen (secondary N) is 1. The molecule has 3 heteroatoms. The summed E-state index contributed by atoms with van der Waals surface area (Å²) in [6, 6.07) is 1.62. The van der Waals surface area contributed by atoms with Crippen molar-refractivity contribution in [1.82, 2.24) is 10.2 Å². The predicted octanol–water partition coefficient (Wildman–Crippen LogP) is 1.24. The van der Waals surface area contributed by atoms with E-state index in [1.165, 1.54) is 38.8 Å². The monoisotopic (exact) mass is 212 g/mol. The van der Waals surface area contributed by atoms with E-state index < -0.39 is 0 Å². The zero-order chi connectivity index (χ0) is 10.5. The van der Waals surface area contributed by atoms with Crippen LogP contribution in [0.25, 0.3) is 0 Å². The van der Waals surface area contributed by atoms with Crippen LogP contribution in [0.5, 0.6) is 0 Å². The highest BCUT2D eigenvalue weighted by Crippen LogP contribution is 2.26. The third kappa shape index (κ3) is 3.16. The van der Waals surface area contributed by atoms with Crippen molar-refractivity contribution in [2.45, 2.75) is 44.7 Å². The fourth-order valence-electron chi connectivity index (χ4n) is 2.89. The van der Waals surface area contributed by atoms with Crippen LogP contribution in [-0.2, 0) is 4.74 Å². The Kier molecular flexibility index (Phi) is 4.42. The fourth-order valence-corrected chi connectivity index (χ4v) is 2.89. The summed E-state index contributed by atoms with van der Waals surface area (Å²) in [5, 5.41) is 3.62. The van der Waals surface area contributed by atoms with Crippen molar-refractivity contribution in [2.75, 3.05) is 32.8 Å². The van der Waals surface area contributed by atoms with Gasteiger partial charge >= 0.3 is 0 Å². The second-order valence-electron chi connectivity index (χ2n) is 4.70. The van der Waals surface area contributed by atoms with Crippen LogP contribution in [-0.4, -0.2) is 49.8 Å². The predicted molar refractivity (Wildman–Crippen MR) is 62.1 cm³/mol. The number of ether oxygens (including phenoxy) is 1. The minimum absolute atomic E-state index is 0.741. The number of piperidine rings is 1. The topological polar surface area (TPSA) is 24.5 Å². The maximum atomic E-state index is 5.34. The third-order valence-corrected chi connectivity index (χ3v) is 3.70. The largest absolute Gasteiger partial charge is 0.380 e. The van der Waals surface area contributed by atoms with Crippen molar-refractivity contribution in [2.24, 2.45) is 0 Å². The van der Waals surface area contributed by atoms with Gasteiger partial charge in [0.05, 0.1) is 6.61 Å². The Balaban J connectivity index is 1.62. The van der Waals surface area contributed by atoms with Gasteiger partial charge in [-0.25, -0.2) is 0 Å². The summed E-state index contributed by atoms with van der Waals surface area (Å²) in [5.74, 6) is 0. The maximum Gasteiger partial charge on any atom is 0.0590 e. The number of fused-ring (bicyclic) bond motifs is 1. The van der Waals surface area contributed by atoms with Crippen molar-refractivity contribution in [3.63, 3.8) is 0 Å². The molecule has 0 radical (unpaired) electrons. The first-order chi connectivity index (χ1) is 7.40. The lowest BCUT2D eigenvalue weighted by molar-refractivity contribution is 0.132. The van der Waals surface area contributed by atoms with Crippen molar-refractivity contribution in [3.05, 3.63) is 0 Å². The van der Waals surface area contributed by atoms with Crippen LogP contribution in [0, 0.1) is 0 Å². The number of nitrogens with zero attached hydrogens (tertiary/aromatic N) is 1. The van der Waals surface area contributed by atoms with E-state index in [9.17, 15) is 0 Å². The number of rotatable bonds is 5. The highest BCUT2D eigenvalue weighted by molar-refractivity contribution is 4.88. The molecule has 0 amide bonds. The van der Waals surface area contributed by atoms with Crippen LogP contribution in [0.3, 0.4) is 0 Å². The molecule has 1 N–H and O–H groups in total. The lowest BCUT2D eigenvalue weighted by Crippen LogP contribution is -2.46. The van der Waals surface area contributed by atoms with Gasteiger partial charge < -0.3 is 15.0 Å². The second-order valence-corrected chi connectivity index (χ2v) is 4.70. The molecule has 2 unspecified atom stereocenters. The van der Waals surface area contributed by atoms with Gasteiger partial charge in [0.2, 0.25) is 0 Å². The Hall–Kier alpha value is -0.120. The lowest BCUT2D eigenvalue weighted by atomic mass is 9.98. The van der Waals surface area contributed by atoms with Gasteiger partial charge in [0.15, 0.2) is 0 Å². The first-order valence-electron chi connectivity index (χ1n) is 6.45. The Morgan fingerprint density at radius 2 is 2.27 bits per heavy atom. The van der Waals surface area contributed by atoms with Gasteiger partial charge in [-0.1, -0.05) is 0 Å². The van der Waals surface area contributed by atoms with Crippen molar-refractivity contribution in [3.8, 4) is 0 Å². The Bertz CT molecular complexity index is 186. The minimum Gasteiger partial charge on any atom is -0.380 e. The summed E-state index contributed by atoms with van der Waals surface area (Å²) < 4.78 is 5.34. The smallest absolute Gasteiger partial charge is 0.0590 e. The molecule has 0 aromatic heterocycles. The molecule has 2 aliphatic heterocycles. The van der Waals surface area contributed by atoms with Crippen LogP contribution >= 0.6 is 0 Å². The standard InChI is InChI=1S/C12H24N2O/c1-2-15-9-6-13-11-5-8-14-7-3-4-12(14)10-11/h11-13H,2-10H2,1H3. The lowest BCUT2D eigenvalue weighted by Gasteiger charge is -2.35.